The van der Waals surface area contributed by atoms with Crippen LogP contribution in [0.5, 0.6) is 0 Å². The van der Waals surface area contributed by atoms with Gasteiger partial charge >= 0.3 is 0 Å². The highest BCUT2D eigenvalue weighted by Gasteiger charge is 2.39. The molecule has 1 aromatic heterocycles. The monoisotopic (exact) mass is 263 g/mol. The average Bonchev–Trinajstić information content (AvgIpc) is 3.07. The highest BCUT2D eigenvalue weighted by molar-refractivity contribution is 5.16. The molecule has 1 aromatic rings. The van der Waals surface area contributed by atoms with Crippen molar-refractivity contribution in [1.82, 2.24) is 15.4 Å². The molecule has 1 N–H and O–H groups in total. The van der Waals surface area contributed by atoms with E-state index in [2.05, 4.69) is 35.4 Å². The summed E-state index contributed by atoms with van der Waals surface area (Å²) in [5.41, 5.74) is 1.11. The van der Waals surface area contributed by atoms with Crippen LogP contribution >= 0.6 is 0 Å². The zero-order valence-electron chi connectivity index (χ0n) is 12.1. The van der Waals surface area contributed by atoms with Gasteiger partial charge in [0.05, 0.1) is 5.69 Å². The highest BCUT2D eigenvalue weighted by Crippen LogP contribution is 2.34. The van der Waals surface area contributed by atoms with Gasteiger partial charge in [-0.3, -0.25) is 0 Å². The lowest BCUT2D eigenvalue weighted by molar-refractivity contribution is 0.233. The first kappa shape index (κ1) is 13.1. The molecule has 4 nitrogen and oxygen atoms in total. The number of aromatic nitrogens is 1. The lowest BCUT2D eigenvalue weighted by Gasteiger charge is -2.29. The quantitative estimate of drug-likeness (QED) is 0.904. The van der Waals surface area contributed by atoms with Crippen LogP contribution in [0.4, 0.5) is 0 Å². The van der Waals surface area contributed by atoms with Crippen molar-refractivity contribution >= 4 is 0 Å². The summed E-state index contributed by atoms with van der Waals surface area (Å²) in [6, 6.07) is 3.38. The summed E-state index contributed by atoms with van der Waals surface area (Å²) in [5, 5.41) is 7.90. The molecule has 3 atom stereocenters. The third kappa shape index (κ3) is 2.56. The number of nitrogens with one attached hydrogen (secondary N) is 1. The number of nitrogens with zero attached hydrogens (tertiary/aromatic N) is 2. The van der Waals surface area contributed by atoms with Crippen LogP contribution in [0.2, 0.25) is 0 Å². The Bertz CT molecular complexity index is 417. The molecular formula is C15H25N3O. The van der Waals surface area contributed by atoms with E-state index < -0.39 is 0 Å². The molecule has 2 unspecified atom stereocenters. The van der Waals surface area contributed by atoms with Gasteiger partial charge in [-0.2, -0.15) is 0 Å². The van der Waals surface area contributed by atoms with E-state index in [1.165, 1.54) is 25.8 Å². The molecule has 2 saturated heterocycles. The molecule has 0 radical (unpaired) electrons. The van der Waals surface area contributed by atoms with Crippen LogP contribution < -0.4 is 5.32 Å². The van der Waals surface area contributed by atoms with Crippen LogP contribution in [0.1, 0.15) is 50.0 Å². The van der Waals surface area contributed by atoms with Crippen molar-refractivity contribution in [2.75, 3.05) is 20.1 Å². The normalized spacial score (nSPS) is 32.2. The van der Waals surface area contributed by atoms with Crippen LogP contribution in [-0.2, 0) is 6.42 Å². The third-order valence-corrected chi connectivity index (χ3v) is 4.71. The van der Waals surface area contributed by atoms with Gasteiger partial charge < -0.3 is 14.7 Å². The second-order valence-corrected chi connectivity index (χ2v) is 6.04. The van der Waals surface area contributed by atoms with Crippen molar-refractivity contribution in [3.63, 3.8) is 0 Å². The Kier molecular flexibility index (Phi) is 3.89. The van der Waals surface area contributed by atoms with Gasteiger partial charge in [0, 0.05) is 24.1 Å². The standard InChI is InChI=1S/C15H25N3O/c1-3-5-11-10-14(19-17-11)12-7-8-16-15(12)13-6-4-9-18(13)2/h10,12-13,15-16H,3-9H2,1-2H3/t12?,13?,15-/m0/s1. The molecule has 0 aromatic carbocycles. The topological polar surface area (TPSA) is 41.3 Å². The Morgan fingerprint density at radius 3 is 3.11 bits per heavy atom. The van der Waals surface area contributed by atoms with Gasteiger partial charge in [0.25, 0.3) is 0 Å². The van der Waals surface area contributed by atoms with E-state index in [9.17, 15) is 0 Å². The minimum atomic E-state index is 0.503. The second-order valence-electron chi connectivity index (χ2n) is 6.04. The van der Waals surface area contributed by atoms with E-state index in [0.29, 0.717) is 18.0 Å². The smallest absolute Gasteiger partial charge is 0.141 e. The predicted molar refractivity (Wildman–Crippen MR) is 75.3 cm³/mol. The SMILES string of the molecule is CCCc1cc(C2CCN[C@@H]2C2CCCN2C)on1. The van der Waals surface area contributed by atoms with Crippen molar-refractivity contribution in [3.8, 4) is 0 Å². The first-order valence-corrected chi connectivity index (χ1v) is 7.68. The van der Waals surface area contributed by atoms with Gasteiger partial charge in [-0.15, -0.1) is 0 Å². The molecule has 19 heavy (non-hydrogen) atoms. The lowest BCUT2D eigenvalue weighted by Crippen LogP contribution is -2.44. The summed E-state index contributed by atoms with van der Waals surface area (Å²) in [6.07, 6.45) is 5.96. The van der Waals surface area contributed by atoms with Gasteiger partial charge in [0.15, 0.2) is 0 Å². The predicted octanol–water partition coefficient (Wildman–Crippen LogP) is 2.17. The first-order chi connectivity index (χ1) is 9.29. The number of likely N-dealkylation sites (tertiary alicyclic amines) is 1. The van der Waals surface area contributed by atoms with Crippen molar-refractivity contribution in [2.45, 2.75) is 57.0 Å². The Morgan fingerprint density at radius 2 is 2.37 bits per heavy atom. The fourth-order valence-corrected chi connectivity index (χ4v) is 3.72. The van der Waals surface area contributed by atoms with Gasteiger partial charge in [-0.25, -0.2) is 0 Å². The molecule has 0 aliphatic carbocycles. The lowest BCUT2D eigenvalue weighted by atomic mass is 9.91. The fraction of sp³-hybridized carbons (Fsp3) is 0.800. The van der Waals surface area contributed by atoms with E-state index in [-0.39, 0.29) is 0 Å². The van der Waals surface area contributed by atoms with E-state index in [0.717, 1.165) is 30.8 Å². The first-order valence-electron chi connectivity index (χ1n) is 7.68. The van der Waals surface area contributed by atoms with E-state index >= 15 is 0 Å². The maximum atomic E-state index is 5.62. The maximum absolute atomic E-state index is 5.62. The zero-order chi connectivity index (χ0) is 13.2. The van der Waals surface area contributed by atoms with E-state index in [4.69, 9.17) is 4.52 Å². The molecule has 0 bridgehead atoms. The molecule has 0 saturated carbocycles. The van der Waals surface area contributed by atoms with Crippen LogP contribution in [0, 0.1) is 0 Å². The summed E-state index contributed by atoms with van der Waals surface area (Å²) in [7, 11) is 2.25. The molecule has 3 rings (SSSR count). The molecule has 0 amide bonds. The Balaban J connectivity index is 1.74. The van der Waals surface area contributed by atoms with Crippen LogP contribution in [0.3, 0.4) is 0 Å². The summed E-state index contributed by atoms with van der Waals surface area (Å²) >= 11 is 0. The summed E-state index contributed by atoms with van der Waals surface area (Å²) in [5.74, 6) is 1.60. The molecule has 106 valence electrons. The Hall–Kier alpha value is -0.870. The molecule has 0 spiro atoms. The second kappa shape index (κ2) is 5.63. The van der Waals surface area contributed by atoms with Crippen molar-refractivity contribution in [3.05, 3.63) is 17.5 Å². The van der Waals surface area contributed by atoms with Gasteiger partial charge in [0.1, 0.15) is 5.76 Å². The maximum Gasteiger partial charge on any atom is 0.141 e. The van der Waals surface area contributed by atoms with Gasteiger partial charge in [0.2, 0.25) is 0 Å². The third-order valence-electron chi connectivity index (χ3n) is 4.71. The summed E-state index contributed by atoms with van der Waals surface area (Å²) < 4.78 is 5.62. The van der Waals surface area contributed by atoms with Crippen molar-refractivity contribution < 1.29 is 4.52 Å². The molecule has 3 heterocycles. The molecular weight excluding hydrogens is 238 g/mol. The number of rotatable bonds is 4. The highest BCUT2D eigenvalue weighted by atomic mass is 16.5. The summed E-state index contributed by atoms with van der Waals surface area (Å²) in [6.45, 7) is 4.51. The number of hydrogen-bond acceptors (Lipinski definition) is 4. The van der Waals surface area contributed by atoms with Crippen molar-refractivity contribution in [2.24, 2.45) is 0 Å². The number of aryl methyl sites for hydroxylation is 1. The Morgan fingerprint density at radius 1 is 1.47 bits per heavy atom. The molecule has 2 fully saturated rings. The molecule has 2 aliphatic rings. The number of likely N-dealkylation sites (N-methyl/N-ethyl adjacent to an activating group) is 1. The van der Waals surface area contributed by atoms with E-state index in [1.54, 1.807) is 0 Å². The molecule has 4 heteroatoms. The van der Waals surface area contributed by atoms with Gasteiger partial charge in [-0.1, -0.05) is 18.5 Å². The largest absolute Gasteiger partial charge is 0.361 e. The molecule has 2 aliphatic heterocycles. The van der Waals surface area contributed by atoms with Crippen LogP contribution in [-0.4, -0.2) is 42.3 Å². The summed E-state index contributed by atoms with van der Waals surface area (Å²) in [4.78, 5) is 2.50. The van der Waals surface area contributed by atoms with Gasteiger partial charge in [-0.05, 0) is 45.8 Å². The fourth-order valence-electron chi connectivity index (χ4n) is 3.72. The number of hydrogen-bond donors (Lipinski definition) is 1. The van der Waals surface area contributed by atoms with E-state index in [1.807, 2.05) is 0 Å². The minimum absolute atomic E-state index is 0.503. The van der Waals surface area contributed by atoms with Crippen molar-refractivity contribution in [1.29, 1.82) is 0 Å². The zero-order valence-corrected chi connectivity index (χ0v) is 12.1. The van der Waals surface area contributed by atoms with Crippen LogP contribution in [0.15, 0.2) is 10.6 Å². The van der Waals surface area contributed by atoms with Crippen LogP contribution in [0.25, 0.3) is 0 Å². The average molecular weight is 263 g/mol. The minimum Gasteiger partial charge on any atom is -0.361 e. The Labute approximate surface area is 115 Å².